The Kier molecular flexibility index (Phi) is 2.76. The monoisotopic (exact) mass is 227 g/mol. The van der Waals surface area contributed by atoms with Gasteiger partial charge in [0.15, 0.2) is 0 Å². The zero-order valence-corrected chi connectivity index (χ0v) is 7.94. The third-order valence-corrected chi connectivity index (χ3v) is 1.85. The highest BCUT2D eigenvalue weighted by Crippen LogP contribution is 2.29. The number of hydrogen-bond acceptors (Lipinski definition) is 1. The summed E-state index contributed by atoms with van der Waals surface area (Å²) >= 11 is 3.19. The van der Waals surface area contributed by atoms with Gasteiger partial charge in [0.2, 0.25) is 0 Å². The SMILES string of the molecule is C=Nc1cc(F)ccc1C(=C)Br. The first-order valence-electron chi connectivity index (χ1n) is 3.26. The van der Waals surface area contributed by atoms with Crippen molar-refractivity contribution in [2.45, 2.75) is 0 Å². The highest BCUT2D eigenvalue weighted by atomic mass is 79.9. The van der Waals surface area contributed by atoms with Crippen molar-refractivity contribution in [1.82, 2.24) is 0 Å². The minimum atomic E-state index is -0.324. The minimum absolute atomic E-state index is 0.324. The normalized spacial score (nSPS) is 9.50. The number of hydrogen-bond donors (Lipinski definition) is 0. The maximum absolute atomic E-state index is 12.7. The Morgan fingerprint density at radius 2 is 2.17 bits per heavy atom. The molecule has 0 saturated carbocycles. The first kappa shape index (κ1) is 9.13. The second-order valence-corrected chi connectivity index (χ2v) is 3.18. The highest BCUT2D eigenvalue weighted by molar-refractivity contribution is 9.15. The molecule has 0 saturated heterocycles. The quantitative estimate of drug-likeness (QED) is 0.686. The zero-order chi connectivity index (χ0) is 9.14. The molecule has 1 nitrogen and oxygen atoms in total. The number of benzene rings is 1. The molecule has 0 aliphatic carbocycles. The van der Waals surface area contributed by atoms with Crippen molar-refractivity contribution in [2.24, 2.45) is 4.99 Å². The molecule has 0 aliphatic rings. The van der Waals surface area contributed by atoms with E-state index in [1.807, 2.05) is 0 Å². The summed E-state index contributed by atoms with van der Waals surface area (Å²) in [6.07, 6.45) is 0. The van der Waals surface area contributed by atoms with Gasteiger partial charge in [-0.05, 0) is 18.9 Å². The summed E-state index contributed by atoms with van der Waals surface area (Å²) in [6, 6.07) is 4.28. The Hall–Kier alpha value is -0.960. The Morgan fingerprint density at radius 1 is 1.50 bits per heavy atom. The van der Waals surface area contributed by atoms with Gasteiger partial charge >= 0.3 is 0 Å². The smallest absolute Gasteiger partial charge is 0.125 e. The van der Waals surface area contributed by atoms with Crippen LogP contribution in [0.2, 0.25) is 0 Å². The lowest BCUT2D eigenvalue weighted by atomic mass is 10.2. The second kappa shape index (κ2) is 3.63. The summed E-state index contributed by atoms with van der Waals surface area (Å²) in [5.74, 6) is -0.324. The lowest BCUT2D eigenvalue weighted by Crippen LogP contribution is -1.79. The van der Waals surface area contributed by atoms with Crippen LogP contribution in [-0.4, -0.2) is 6.72 Å². The molecule has 0 radical (unpaired) electrons. The van der Waals surface area contributed by atoms with Crippen LogP contribution in [-0.2, 0) is 0 Å². The maximum Gasteiger partial charge on any atom is 0.125 e. The van der Waals surface area contributed by atoms with Gasteiger partial charge in [-0.2, -0.15) is 0 Å². The van der Waals surface area contributed by atoms with Gasteiger partial charge in [0.25, 0.3) is 0 Å². The van der Waals surface area contributed by atoms with Gasteiger partial charge in [0, 0.05) is 16.1 Å². The van der Waals surface area contributed by atoms with Crippen LogP contribution in [0, 0.1) is 5.82 Å². The standard InChI is InChI=1S/C9H7BrFN/c1-6(10)8-4-3-7(11)5-9(8)12-2/h3-5H,1-2H2. The molecule has 3 heteroatoms. The van der Waals surface area contributed by atoms with Crippen LogP contribution >= 0.6 is 15.9 Å². The number of halogens is 2. The zero-order valence-electron chi connectivity index (χ0n) is 6.35. The maximum atomic E-state index is 12.7. The van der Waals surface area contributed by atoms with Gasteiger partial charge in [-0.25, -0.2) is 4.39 Å². The summed E-state index contributed by atoms with van der Waals surface area (Å²) in [7, 11) is 0. The third-order valence-electron chi connectivity index (χ3n) is 1.42. The molecule has 0 heterocycles. The Labute approximate surface area is 78.8 Å². The highest BCUT2D eigenvalue weighted by Gasteiger charge is 2.03. The lowest BCUT2D eigenvalue weighted by Gasteiger charge is -2.02. The van der Waals surface area contributed by atoms with E-state index in [-0.39, 0.29) is 5.82 Å². The topological polar surface area (TPSA) is 12.4 Å². The van der Waals surface area contributed by atoms with Crippen LogP contribution in [0.4, 0.5) is 10.1 Å². The first-order chi connectivity index (χ1) is 5.65. The third kappa shape index (κ3) is 1.80. The van der Waals surface area contributed by atoms with Gasteiger partial charge in [-0.3, -0.25) is 4.99 Å². The van der Waals surface area contributed by atoms with E-state index in [1.54, 1.807) is 6.07 Å². The number of rotatable bonds is 2. The van der Waals surface area contributed by atoms with E-state index < -0.39 is 0 Å². The summed E-state index contributed by atoms with van der Waals surface area (Å²) in [6.45, 7) is 7.01. The molecule has 0 amide bonds. The molecule has 0 spiro atoms. The van der Waals surface area contributed by atoms with Gasteiger partial charge < -0.3 is 0 Å². The van der Waals surface area contributed by atoms with Crippen LogP contribution in [0.25, 0.3) is 4.48 Å². The molecule has 0 N–H and O–H groups in total. The number of nitrogens with zero attached hydrogens (tertiary/aromatic N) is 1. The fourth-order valence-electron chi connectivity index (χ4n) is 0.865. The van der Waals surface area contributed by atoms with E-state index in [0.29, 0.717) is 10.2 Å². The summed E-state index contributed by atoms with van der Waals surface area (Å²) in [4.78, 5) is 3.67. The molecule has 12 heavy (non-hydrogen) atoms. The van der Waals surface area contributed by atoms with Gasteiger partial charge in [0.1, 0.15) is 5.82 Å². The van der Waals surface area contributed by atoms with Crippen molar-refractivity contribution in [3.63, 3.8) is 0 Å². The second-order valence-electron chi connectivity index (χ2n) is 2.22. The van der Waals surface area contributed by atoms with E-state index in [2.05, 4.69) is 34.2 Å². The summed E-state index contributed by atoms with van der Waals surface area (Å²) in [5.41, 5.74) is 1.25. The fraction of sp³-hybridized carbons (Fsp3) is 0. The van der Waals surface area contributed by atoms with Crippen molar-refractivity contribution < 1.29 is 4.39 Å². The molecule has 0 aliphatic heterocycles. The van der Waals surface area contributed by atoms with E-state index >= 15 is 0 Å². The molecule has 0 bridgehead atoms. The van der Waals surface area contributed by atoms with Crippen LogP contribution in [0.5, 0.6) is 0 Å². The molecule has 0 unspecified atom stereocenters. The minimum Gasteiger partial charge on any atom is -0.264 e. The number of aliphatic imine (C=N–C) groups is 1. The molecule has 1 rings (SSSR count). The molecule has 1 aromatic carbocycles. The molecular formula is C9H7BrFN. The van der Waals surface area contributed by atoms with Gasteiger partial charge in [-0.1, -0.05) is 22.5 Å². The lowest BCUT2D eigenvalue weighted by molar-refractivity contribution is 0.628. The molecule has 0 atom stereocenters. The molecule has 1 aromatic rings. The molecule has 62 valence electrons. The van der Waals surface area contributed by atoms with Gasteiger partial charge in [0.05, 0.1) is 5.69 Å². The molecule has 0 aromatic heterocycles. The average molecular weight is 228 g/mol. The van der Waals surface area contributed by atoms with Crippen LogP contribution < -0.4 is 0 Å². The summed E-state index contributed by atoms with van der Waals surface area (Å²) in [5, 5.41) is 0. The molecular weight excluding hydrogens is 221 g/mol. The predicted molar refractivity (Wildman–Crippen MR) is 53.6 cm³/mol. The van der Waals surface area contributed by atoms with Crippen LogP contribution in [0.15, 0.2) is 29.8 Å². The van der Waals surface area contributed by atoms with Gasteiger partial charge in [-0.15, -0.1) is 0 Å². The van der Waals surface area contributed by atoms with Crippen molar-refractivity contribution in [1.29, 1.82) is 0 Å². The Bertz CT molecular complexity index is 333. The van der Waals surface area contributed by atoms with E-state index in [1.165, 1.54) is 12.1 Å². The van der Waals surface area contributed by atoms with E-state index in [9.17, 15) is 4.39 Å². The van der Waals surface area contributed by atoms with Crippen molar-refractivity contribution in [3.8, 4) is 0 Å². The molecule has 0 fully saturated rings. The van der Waals surface area contributed by atoms with Crippen molar-refractivity contribution in [3.05, 3.63) is 36.2 Å². The first-order valence-corrected chi connectivity index (χ1v) is 4.05. The average Bonchev–Trinajstić information content (AvgIpc) is 2.03. The van der Waals surface area contributed by atoms with E-state index in [0.717, 1.165) is 5.56 Å². The largest absolute Gasteiger partial charge is 0.264 e. The fourth-order valence-corrected chi connectivity index (χ4v) is 1.20. The summed E-state index contributed by atoms with van der Waals surface area (Å²) < 4.78 is 13.3. The van der Waals surface area contributed by atoms with Crippen LogP contribution in [0.1, 0.15) is 5.56 Å². The predicted octanol–water partition coefficient (Wildman–Crippen LogP) is 3.52. The van der Waals surface area contributed by atoms with Crippen molar-refractivity contribution >= 4 is 32.8 Å². The van der Waals surface area contributed by atoms with Crippen LogP contribution in [0.3, 0.4) is 0 Å². The Balaban J connectivity index is 3.29. The Morgan fingerprint density at radius 3 is 2.67 bits per heavy atom. The van der Waals surface area contributed by atoms with Crippen molar-refractivity contribution in [2.75, 3.05) is 0 Å². The van der Waals surface area contributed by atoms with E-state index in [4.69, 9.17) is 0 Å².